The predicted molar refractivity (Wildman–Crippen MR) is 71.7 cm³/mol. The summed E-state index contributed by atoms with van der Waals surface area (Å²) in [5, 5.41) is 10.8. The maximum absolute atomic E-state index is 13.4. The number of benzene rings is 1. The lowest BCUT2D eigenvalue weighted by Gasteiger charge is -2.15. The summed E-state index contributed by atoms with van der Waals surface area (Å²) in [6.45, 7) is 0.257. The second-order valence-electron chi connectivity index (χ2n) is 4.26. The molecule has 1 saturated heterocycles. The molecule has 112 valence electrons. The van der Waals surface area contributed by atoms with Gasteiger partial charge in [-0.15, -0.1) is 12.4 Å². The van der Waals surface area contributed by atoms with Gasteiger partial charge in [0.2, 0.25) is 15.8 Å². The number of sulfonamides is 1. The van der Waals surface area contributed by atoms with Crippen LogP contribution in [0.4, 0.5) is 10.1 Å². The Hall–Kier alpha value is -1.29. The van der Waals surface area contributed by atoms with Gasteiger partial charge in [0.15, 0.2) is 4.90 Å². The molecule has 0 radical (unpaired) electrons. The Morgan fingerprint density at radius 2 is 2.10 bits per heavy atom. The number of hydrogen-bond donors (Lipinski definition) is 1. The number of nitrogens with two attached hydrogens (primary N) is 1. The van der Waals surface area contributed by atoms with E-state index in [1.54, 1.807) is 0 Å². The van der Waals surface area contributed by atoms with Gasteiger partial charge in [0.25, 0.3) is 0 Å². The Balaban J connectivity index is 0.00000200. The highest BCUT2D eigenvalue weighted by Gasteiger charge is 2.36. The molecule has 0 spiro atoms. The third-order valence-electron chi connectivity index (χ3n) is 2.94. The van der Waals surface area contributed by atoms with Gasteiger partial charge in [0, 0.05) is 19.1 Å². The zero-order valence-corrected chi connectivity index (χ0v) is 11.9. The minimum atomic E-state index is -4.10. The number of para-hydroxylation sites is 1. The molecule has 1 atom stereocenters. The number of nitrogens with zero attached hydrogens (tertiary/aromatic N) is 2. The predicted octanol–water partition coefficient (Wildman–Crippen LogP) is 0.877. The molecule has 0 bridgehead atoms. The molecule has 1 aromatic rings. The van der Waals surface area contributed by atoms with Crippen LogP contribution in [0.25, 0.3) is 0 Å². The van der Waals surface area contributed by atoms with Crippen LogP contribution in [-0.2, 0) is 10.0 Å². The van der Waals surface area contributed by atoms with Crippen molar-refractivity contribution in [1.29, 1.82) is 0 Å². The quantitative estimate of drug-likeness (QED) is 0.655. The van der Waals surface area contributed by atoms with Gasteiger partial charge in [0.05, 0.1) is 4.92 Å². The van der Waals surface area contributed by atoms with E-state index in [2.05, 4.69) is 0 Å². The largest absolute Gasteiger partial charge is 0.326 e. The third-order valence-corrected chi connectivity index (χ3v) is 4.83. The molecule has 1 aliphatic rings. The van der Waals surface area contributed by atoms with E-state index in [0.29, 0.717) is 6.42 Å². The molecule has 0 unspecified atom stereocenters. The van der Waals surface area contributed by atoms with Gasteiger partial charge in [-0.25, -0.2) is 8.42 Å². The van der Waals surface area contributed by atoms with Crippen molar-refractivity contribution >= 4 is 28.1 Å². The van der Waals surface area contributed by atoms with Crippen molar-refractivity contribution in [2.75, 3.05) is 13.1 Å². The first-order valence-electron chi connectivity index (χ1n) is 5.52. The van der Waals surface area contributed by atoms with Crippen molar-refractivity contribution in [3.05, 3.63) is 34.1 Å². The Bertz CT molecular complexity index is 625. The van der Waals surface area contributed by atoms with Gasteiger partial charge in [0.1, 0.15) is 0 Å². The first-order valence-corrected chi connectivity index (χ1v) is 6.96. The fraction of sp³-hybridized carbons (Fsp3) is 0.400. The Labute approximate surface area is 121 Å². The van der Waals surface area contributed by atoms with E-state index in [0.717, 1.165) is 22.5 Å². The van der Waals surface area contributed by atoms with Crippen molar-refractivity contribution in [2.45, 2.75) is 17.4 Å². The second-order valence-corrected chi connectivity index (χ2v) is 6.16. The summed E-state index contributed by atoms with van der Waals surface area (Å²) < 4.78 is 39.0. The highest BCUT2D eigenvalue weighted by atomic mass is 35.5. The normalized spacial score (nSPS) is 19.6. The first kappa shape index (κ1) is 16.8. The fourth-order valence-corrected chi connectivity index (χ4v) is 3.67. The van der Waals surface area contributed by atoms with Gasteiger partial charge in [-0.1, -0.05) is 6.07 Å². The van der Waals surface area contributed by atoms with E-state index >= 15 is 0 Å². The lowest BCUT2D eigenvalue weighted by atomic mass is 10.3. The molecule has 1 fully saturated rings. The van der Waals surface area contributed by atoms with Gasteiger partial charge >= 0.3 is 5.69 Å². The van der Waals surface area contributed by atoms with Crippen LogP contribution in [0.3, 0.4) is 0 Å². The second kappa shape index (κ2) is 6.00. The van der Waals surface area contributed by atoms with Gasteiger partial charge in [-0.05, 0) is 18.6 Å². The number of nitro benzene ring substituents is 1. The van der Waals surface area contributed by atoms with Crippen LogP contribution in [-0.4, -0.2) is 36.8 Å². The summed E-state index contributed by atoms with van der Waals surface area (Å²) in [6, 6.07) is 2.71. The molecular formula is C10H13ClFN3O4S. The number of rotatable bonds is 3. The van der Waals surface area contributed by atoms with Crippen molar-refractivity contribution in [3.8, 4) is 0 Å². The molecule has 2 N–H and O–H groups in total. The van der Waals surface area contributed by atoms with E-state index in [4.69, 9.17) is 5.73 Å². The molecular weight excluding hydrogens is 313 g/mol. The maximum atomic E-state index is 13.4. The Morgan fingerprint density at radius 1 is 1.45 bits per heavy atom. The van der Waals surface area contributed by atoms with Crippen LogP contribution in [0.15, 0.2) is 23.1 Å². The molecule has 0 aromatic heterocycles. The first-order chi connectivity index (χ1) is 8.84. The molecule has 2 rings (SSSR count). The minimum Gasteiger partial charge on any atom is -0.326 e. The van der Waals surface area contributed by atoms with Crippen molar-refractivity contribution in [2.24, 2.45) is 5.73 Å². The van der Waals surface area contributed by atoms with Crippen LogP contribution in [0.2, 0.25) is 0 Å². The van der Waals surface area contributed by atoms with Gasteiger partial charge in [-0.2, -0.15) is 8.70 Å². The van der Waals surface area contributed by atoms with E-state index in [-0.39, 0.29) is 31.5 Å². The van der Waals surface area contributed by atoms with Crippen molar-refractivity contribution in [1.82, 2.24) is 4.31 Å². The van der Waals surface area contributed by atoms with Crippen molar-refractivity contribution in [3.63, 3.8) is 0 Å². The average Bonchev–Trinajstić information content (AvgIpc) is 2.75. The Morgan fingerprint density at radius 3 is 2.60 bits per heavy atom. The third kappa shape index (κ3) is 2.90. The average molecular weight is 326 g/mol. The van der Waals surface area contributed by atoms with E-state index in [1.165, 1.54) is 0 Å². The standard InChI is InChI=1S/C10H12FN3O4S.ClH/c11-8-2-1-3-9(10(8)14(15)16)19(17,18)13-5-4-7(12)6-13;/h1-3,7H,4-6,12H2;1H/t7-;/m1./s1. The summed E-state index contributed by atoms with van der Waals surface area (Å²) in [4.78, 5) is 9.16. The lowest BCUT2D eigenvalue weighted by molar-refractivity contribution is -0.390. The highest BCUT2D eigenvalue weighted by molar-refractivity contribution is 7.89. The molecule has 10 heteroatoms. The molecule has 0 amide bonds. The molecule has 0 aliphatic carbocycles. The smallest absolute Gasteiger partial charge is 0.324 e. The summed E-state index contributed by atoms with van der Waals surface area (Å²) in [5.41, 5.74) is 4.59. The summed E-state index contributed by atoms with van der Waals surface area (Å²) >= 11 is 0. The molecule has 20 heavy (non-hydrogen) atoms. The highest BCUT2D eigenvalue weighted by Crippen LogP contribution is 2.30. The van der Waals surface area contributed by atoms with Crippen LogP contribution >= 0.6 is 12.4 Å². The minimum absolute atomic E-state index is 0. The monoisotopic (exact) mass is 325 g/mol. The lowest BCUT2D eigenvalue weighted by Crippen LogP contribution is -2.32. The van der Waals surface area contributed by atoms with Crippen molar-refractivity contribution < 1.29 is 17.7 Å². The SMILES string of the molecule is Cl.N[C@@H]1CCN(S(=O)(=O)c2cccc(F)c2[N+](=O)[O-])C1. The molecule has 1 aliphatic heterocycles. The van der Waals surface area contributed by atoms with E-state index in [9.17, 15) is 22.9 Å². The zero-order valence-electron chi connectivity index (χ0n) is 10.2. The molecule has 1 heterocycles. The van der Waals surface area contributed by atoms with Gasteiger partial charge in [-0.3, -0.25) is 10.1 Å². The van der Waals surface area contributed by atoms with E-state index in [1.807, 2.05) is 0 Å². The maximum Gasteiger partial charge on any atom is 0.324 e. The zero-order chi connectivity index (χ0) is 14.2. The number of halogens is 2. The Kier molecular flexibility index (Phi) is 5.03. The summed E-state index contributed by atoms with van der Waals surface area (Å²) in [5.74, 6) is -1.17. The topological polar surface area (TPSA) is 107 Å². The molecule has 1 aromatic carbocycles. The van der Waals surface area contributed by atoms with Crippen LogP contribution in [0, 0.1) is 15.9 Å². The summed E-state index contributed by atoms with van der Waals surface area (Å²) in [7, 11) is -4.10. The van der Waals surface area contributed by atoms with Crippen LogP contribution in [0.1, 0.15) is 6.42 Å². The van der Waals surface area contributed by atoms with E-state index < -0.39 is 31.3 Å². The van der Waals surface area contributed by atoms with Crippen LogP contribution < -0.4 is 5.73 Å². The number of hydrogen-bond acceptors (Lipinski definition) is 5. The fourth-order valence-electron chi connectivity index (χ4n) is 1.99. The molecule has 0 saturated carbocycles. The molecule has 7 nitrogen and oxygen atoms in total. The van der Waals surface area contributed by atoms with Crippen LogP contribution in [0.5, 0.6) is 0 Å². The summed E-state index contributed by atoms with van der Waals surface area (Å²) in [6.07, 6.45) is 0.475. The number of nitro groups is 1. The van der Waals surface area contributed by atoms with Gasteiger partial charge < -0.3 is 5.73 Å².